The van der Waals surface area contributed by atoms with Crippen LogP contribution >= 0.6 is 24.0 Å². The highest BCUT2D eigenvalue weighted by molar-refractivity contribution is 6.30. The van der Waals surface area contributed by atoms with Gasteiger partial charge in [0.2, 0.25) is 0 Å². The maximum atomic E-state index is 13.0. The van der Waals surface area contributed by atoms with Gasteiger partial charge >= 0.3 is 0 Å². The van der Waals surface area contributed by atoms with E-state index in [1.165, 1.54) is 0 Å². The second-order valence-corrected chi connectivity index (χ2v) is 9.04. The van der Waals surface area contributed by atoms with Crippen LogP contribution in [0, 0.1) is 5.92 Å². The van der Waals surface area contributed by atoms with Crippen molar-refractivity contribution < 1.29 is 14.3 Å². The molecule has 3 aliphatic heterocycles. The molecule has 0 spiro atoms. The van der Waals surface area contributed by atoms with Crippen LogP contribution < -0.4 is 14.8 Å². The fourth-order valence-electron chi connectivity index (χ4n) is 5.16. The summed E-state index contributed by atoms with van der Waals surface area (Å²) in [6.07, 6.45) is 4.37. The van der Waals surface area contributed by atoms with E-state index in [0.717, 1.165) is 50.1 Å². The number of benzene rings is 2. The van der Waals surface area contributed by atoms with Gasteiger partial charge in [-0.05, 0) is 62.4 Å². The maximum Gasteiger partial charge on any atom is 0.254 e. The molecule has 0 saturated carbocycles. The minimum Gasteiger partial charge on any atom is -0.486 e. The second kappa shape index (κ2) is 9.68. The molecule has 31 heavy (non-hydrogen) atoms. The summed E-state index contributed by atoms with van der Waals surface area (Å²) in [5, 5.41) is 4.22. The molecule has 1 amide bonds. The molecular formula is C24H28Cl2N2O3. The number of nitrogens with zero attached hydrogens (tertiary/aromatic N) is 1. The topological polar surface area (TPSA) is 50.8 Å². The molecular weight excluding hydrogens is 435 g/mol. The van der Waals surface area contributed by atoms with Crippen molar-refractivity contribution in [1.29, 1.82) is 0 Å². The Morgan fingerprint density at radius 2 is 1.77 bits per heavy atom. The average Bonchev–Trinajstić information content (AvgIpc) is 3.03. The van der Waals surface area contributed by atoms with Gasteiger partial charge in [-0.25, -0.2) is 0 Å². The highest BCUT2D eigenvalue weighted by atomic mass is 35.5. The number of nitrogens with one attached hydrogen (secondary N) is 1. The molecule has 166 valence electrons. The van der Waals surface area contributed by atoms with Crippen LogP contribution in [-0.4, -0.2) is 48.7 Å². The number of hydrogen-bond acceptors (Lipinski definition) is 4. The molecule has 7 heteroatoms. The van der Waals surface area contributed by atoms with Crippen LogP contribution in [-0.2, 0) is 0 Å². The molecule has 5 rings (SSSR count). The summed E-state index contributed by atoms with van der Waals surface area (Å²) in [7, 11) is 0. The van der Waals surface area contributed by atoms with Crippen LogP contribution in [0.5, 0.6) is 11.5 Å². The van der Waals surface area contributed by atoms with Crippen LogP contribution in [0.25, 0.3) is 0 Å². The Labute approximate surface area is 194 Å². The van der Waals surface area contributed by atoms with Crippen LogP contribution in [0.1, 0.15) is 36.0 Å². The maximum absolute atomic E-state index is 13.0. The first kappa shape index (κ1) is 22.3. The van der Waals surface area contributed by atoms with Crippen molar-refractivity contribution in [3.8, 4) is 11.5 Å². The van der Waals surface area contributed by atoms with E-state index in [9.17, 15) is 4.79 Å². The zero-order valence-corrected chi connectivity index (χ0v) is 18.9. The standard InChI is InChI=1S/C24H27ClN2O3.ClH/c25-18-6-9-22-23(12-18)30-21(15-29-22)14-26-13-16-10-19-7-8-20(11-16)27(19)24(28)17-4-2-1-3-5-17;/h1-6,9,12,16,19-21,26H,7-8,10-11,13-15H2;1H/t16?,19-,20+,21-;/m0./s1. The van der Waals surface area contributed by atoms with Crippen LogP contribution in [0.3, 0.4) is 0 Å². The van der Waals surface area contributed by atoms with E-state index in [-0.39, 0.29) is 24.4 Å². The number of hydrogen-bond donors (Lipinski definition) is 1. The lowest BCUT2D eigenvalue weighted by Crippen LogP contribution is -2.48. The van der Waals surface area contributed by atoms with Crippen molar-refractivity contribution >= 4 is 29.9 Å². The van der Waals surface area contributed by atoms with Gasteiger partial charge in [0.15, 0.2) is 11.5 Å². The van der Waals surface area contributed by atoms with Crippen molar-refractivity contribution in [2.75, 3.05) is 19.7 Å². The predicted molar refractivity (Wildman–Crippen MR) is 124 cm³/mol. The van der Waals surface area contributed by atoms with E-state index >= 15 is 0 Å². The first-order valence-corrected chi connectivity index (χ1v) is 11.2. The molecule has 1 unspecified atom stereocenters. The largest absolute Gasteiger partial charge is 0.486 e. The Balaban J connectivity index is 0.00000231. The van der Waals surface area contributed by atoms with Gasteiger partial charge in [0.25, 0.3) is 5.91 Å². The van der Waals surface area contributed by atoms with Crippen molar-refractivity contribution in [3.05, 3.63) is 59.1 Å². The number of amides is 1. The summed E-state index contributed by atoms with van der Waals surface area (Å²) in [6.45, 7) is 2.23. The molecule has 2 fully saturated rings. The van der Waals surface area contributed by atoms with Gasteiger partial charge in [0, 0.05) is 35.3 Å². The third-order valence-electron chi connectivity index (χ3n) is 6.52. The first-order valence-electron chi connectivity index (χ1n) is 10.8. The Kier molecular flexibility index (Phi) is 6.95. The zero-order chi connectivity index (χ0) is 20.5. The number of carbonyl (C=O) groups is 1. The minimum absolute atomic E-state index is 0. The number of piperidine rings is 1. The molecule has 0 radical (unpaired) electrons. The average molecular weight is 463 g/mol. The molecule has 2 saturated heterocycles. The lowest BCUT2D eigenvalue weighted by atomic mass is 9.90. The van der Waals surface area contributed by atoms with E-state index in [2.05, 4.69) is 10.2 Å². The minimum atomic E-state index is -0.0209. The number of fused-ring (bicyclic) bond motifs is 3. The van der Waals surface area contributed by atoms with Crippen LogP contribution in [0.15, 0.2) is 48.5 Å². The van der Waals surface area contributed by atoms with E-state index in [4.69, 9.17) is 21.1 Å². The molecule has 4 atom stereocenters. The van der Waals surface area contributed by atoms with Gasteiger partial charge in [0.05, 0.1) is 0 Å². The van der Waals surface area contributed by atoms with Crippen molar-refractivity contribution in [1.82, 2.24) is 10.2 Å². The van der Waals surface area contributed by atoms with E-state index in [1.807, 2.05) is 42.5 Å². The zero-order valence-electron chi connectivity index (χ0n) is 17.3. The van der Waals surface area contributed by atoms with Crippen molar-refractivity contribution in [2.24, 2.45) is 5.92 Å². The number of carbonyl (C=O) groups excluding carboxylic acids is 1. The third kappa shape index (κ3) is 4.79. The Bertz CT molecular complexity index is 897. The number of halogens is 2. The molecule has 2 aromatic rings. The Hall–Kier alpha value is -1.95. The van der Waals surface area contributed by atoms with Gasteiger partial charge in [-0.3, -0.25) is 4.79 Å². The van der Waals surface area contributed by atoms with Gasteiger partial charge in [0.1, 0.15) is 12.7 Å². The fourth-order valence-corrected chi connectivity index (χ4v) is 5.32. The molecule has 3 aliphatic rings. The van der Waals surface area contributed by atoms with Gasteiger partial charge in [-0.2, -0.15) is 0 Å². The summed E-state index contributed by atoms with van der Waals surface area (Å²) < 4.78 is 11.8. The summed E-state index contributed by atoms with van der Waals surface area (Å²) >= 11 is 6.06. The van der Waals surface area contributed by atoms with E-state index in [0.29, 0.717) is 35.4 Å². The smallest absolute Gasteiger partial charge is 0.254 e. The monoisotopic (exact) mass is 462 g/mol. The van der Waals surface area contributed by atoms with E-state index < -0.39 is 0 Å². The van der Waals surface area contributed by atoms with Crippen LogP contribution in [0.2, 0.25) is 5.02 Å². The molecule has 2 aromatic carbocycles. The normalized spacial score (nSPS) is 26.3. The first-order chi connectivity index (χ1) is 14.7. The quantitative estimate of drug-likeness (QED) is 0.706. The van der Waals surface area contributed by atoms with Gasteiger partial charge < -0.3 is 19.7 Å². The molecule has 5 nitrogen and oxygen atoms in total. The number of rotatable bonds is 5. The summed E-state index contributed by atoms with van der Waals surface area (Å²) in [4.78, 5) is 15.1. The highest BCUT2D eigenvalue weighted by Gasteiger charge is 2.43. The van der Waals surface area contributed by atoms with Gasteiger partial charge in [-0.1, -0.05) is 29.8 Å². The molecule has 1 N–H and O–H groups in total. The lowest BCUT2D eigenvalue weighted by Gasteiger charge is -2.39. The van der Waals surface area contributed by atoms with Crippen molar-refractivity contribution in [2.45, 2.75) is 43.9 Å². The predicted octanol–water partition coefficient (Wildman–Crippen LogP) is 4.57. The van der Waals surface area contributed by atoms with Gasteiger partial charge in [-0.15, -0.1) is 12.4 Å². The summed E-state index contributed by atoms with van der Waals surface area (Å²) in [5.74, 6) is 2.25. The second-order valence-electron chi connectivity index (χ2n) is 8.60. The molecule has 0 aliphatic carbocycles. The SMILES string of the molecule is Cl.O=C(c1ccccc1)N1[C@@H]2CC[C@H]1CC(CNC[C@H]1COc3ccc(Cl)cc3O1)C2. The van der Waals surface area contributed by atoms with Crippen LogP contribution in [0.4, 0.5) is 0 Å². The molecule has 2 bridgehead atoms. The fraction of sp³-hybridized carbons (Fsp3) is 0.458. The summed E-state index contributed by atoms with van der Waals surface area (Å²) in [6, 6.07) is 15.9. The third-order valence-corrected chi connectivity index (χ3v) is 6.75. The molecule has 3 heterocycles. The highest BCUT2D eigenvalue weighted by Crippen LogP contribution is 2.39. The van der Waals surface area contributed by atoms with E-state index in [1.54, 1.807) is 6.07 Å². The Morgan fingerprint density at radius 3 is 2.52 bits per heavy atom. The lowest BCUT2D eigenvalue weighted by molar-refractivity contribution is 0.0515. The Morgan fingerprint density at radius 1 is 1.03 bits per heavy atom. The number of ether oxygens (including phenoxy) is 2. The summed E-state index contributed by atoms with van der Waals surface area (Å²) in [5.41, 5.74) is 0.806. The van der Waals surface area contributed by atoms with Crippen molar-refractivity contribution in [3.63, 3.8) is 0 Å². The molecule has 0 aromatic heterocycles.